The van der Waals surface area contributed by atoms with Gasteiger partial charge >= 0.3 is 0 Å². The van der Waals surface area contributed by atoms with Crippen LogP contribution in [0.15, 0.2) is 52.6 Å². The molecule has 4 heterocycles. The van der Waals surface area contributed by atoms with Crippen molar-refractivity contribution in [1.82, 2.24) is 25.1 Å². The molecule has 0 radical (unpaired) electrons. The lowest BCUT2D eigenvalue weighted by Crippen LogP contribution is -2.16. The highest BCUT2D eigenvalue weighted by Crippen LogP contribution is 2.26. The maximum atomic E-state index is 12.4. The third-order valence-corrected chi connectivity index (χ3v) is 4.44. The van der Waals surface area contributed by atoms with Gasteiger partial charge in [-0.1, -0.05) is 17.3 Å². The van der Waals surface area contributed by atoms with Crippen molar-refractivity contribution in [3.8, 4) is 22.3 Å². The quantitative estimate of drug-likeness (QED) is 0.568. The topological polar surface area (TPSA) is 107 Å². The Balaban J connectivity index is 1.65. The molecule has 0 aliphatic rings. The number of rotatable bonds is 5. The maximum Gasteiger partial charge on any atom is 0.276 e. The van der Waals surface area contributed by atoms with Crippen molar-refractivity contribution in [2.75, 3.05) is 5.32 Å². The van der Waals surface area contributed by atoms with Crippen molar-refractivity contribution >= 4 is 23.1 Å². The third kappa shape index (κ3) is 4.04. The van der Waals surface area contributed by atoms with Gasteiger partial charge in [0.2, 0.25) is 5.91 Å². The first-order valence-corrected chi connectivity index (χ1v) is 8.98. The summed E-state index contributed by atoms with van der Waals surface area (Å²) in [6, 6.07) is 9.07. The van der Waals surface area contributed by atoms with Gasteiger partial charge in [0, 0.05) is 18.5 Å². The first kappa shape index (κ1) is 17.0. The van der Waals surface area contributed by atoms with Gasteiger partial charge in [-0.25, -0.2) is 9.97 Å². The SMILES string of the molecule is Cc1noc(-c2cc(NC(=O)Cc3cccnc3)nc(-c3cccs3)n2)n1. The molecule has 1 N–H and O–H groups in total. The van der Waals surface area contributed by atoms with E-state index in [0.717, 1.165) is 10.4 Å². The summed E-state index contributed by atoms with van der Waals surface area (Å²) in [6.45, 7) is 1.73. The van der Waals surface area contributed by atoms with Crippen molar-refractivity contribution in [1.29, 1.82) is 0 Å². The number of aromatic nitrogens is 5. The van der Waals surface area contributed by atoms with E-state index in [2.05, 4.69) is 30.4 Å². The largest absolute Gasteiger partial charge is 0.332 e. The Labute approximate surface area is 158 Å². The van der Waals surface area contributed by atoms with E-state index in [0.29, 0.717) is 23.2 Å². The van der Waals surface area contributed by atoms with Crippen LogP contribution in [0.5, 0.6) is 0 Å². The number of thiophene rings is 1. The number of amides is 1. The molecule has 27 heavy (non-hydrogen) atoms. The minimum atomic E-state index is -0.202. The molecule has 134 valence electrons. The number of nitrogens with zero attached hydrogens (tertiary/aromatic N) is 5. The van der Waals surface area contributed by atoms with Crippen LogP contribution < -0.4 is 5.32 Å². The molecule has 0 saturated carbocycles. The van der Waals surface area contributed by atoms with Gasteiger partial charge in [-0.3, -0.25) is 9.78 Å². The number of anilines is 1. The van der Waals surface area contributed by atoms with Crippen LogP contribution in [0.2, 0.25) is 0 Å². The van der Waals surface area contributed by atoms with Gasteiger partial charge < -0.3 is 9.84 Å². The second-order valence-electron chi connectivity index (χ2n) is 5.67. The normalized spacial score (nSPS) is 10.7. The van der Waals surface area contributed by atoms with E-state index in [1.165, 1.54) is 11.3 Å². The summed E-state index contributed by atoms with van der Waals surface area (Å²) in [5.41, 5.74) is 1.26. The molecule has 4 rings (SSSR count). The van der Waals surface area contributed by atoms with Crippen LogP contribution in [0, 0.1) is 6.92 Å². The number of hydrogen-bond donors (Lipinski definition) is 1. The zero-order chi connectivity index (χ0) is 18.6. The van der Waals surface area contributed by atoms with Crippen molar-refractivity contribution in [2.24, 2.45) is 0 Å². The first-order chi connectivity index (χ1) is 13.2. The Hall–Kier alpha value is -3.46. The van der Waals surface area contributed by atoms with Crippen LogP contribution in [-0.2, 0) is 11.2 Å². The van der Waals surface area contributed by atoms with Gasteiger partial charge in [0.05, 0.1) is 11.3 Å². The average molecular weight is 378 g/mol. The lowest BCUT2D eigenvalue weighted by molar-refractivity contribution is -0.115. The fraction of sp³-hybridized carbons (Fsp3) is 0.111. The van der Waals surface area contributed by atoms with Gasteiger partial charge in [-0.2, -0.15) is 4.98 Å². The molecule has 0 unspecified atom stereocenters. The van der Waals surface area contributed by atoms with Crippen LogP contribution in [-0.4, -0.2) is 31.0 Å². The van der Waals surface area contributed by atoms with Gasteiger partial charge in [-0.05, 0) is 30.0 Å². The van der Waals surface area contributed by atoms with E-state index in [9.17, 15) is 4.79 Å². The summed E-state index contributed by atoms with van der Waals surface area (Å²) >= 11 is 1.50. The minimum Gasteiger partial charge on any atom is -0.332 e. The van der Waals surface area contributed by atoms with E-state index >= 15 is 0 Å². The molecule has 0 atom stereocenters. The molecule has 8 nitrogen and oxygen atoms in total. The number of hydrogen-bond acceptors (Lipinski definition) is 8. The molecular formula is C18H14N6O2S. The summed E-state index contributed by atoms with van der Waals surface area (Å²) in [5.74, 6) is 1.42. The number of pyridine rings is 1. The number of aryl methyl sites for hydroxylation is 1. The van der Waals surface area contributed by atoms with Crippen LogP contribution in [0.25, 0.3) is 22.3 Å². The average Bonchev–Trinajstić information content (AvgIpc) is 3.34. The Morgan fingerprint density at radius 3 is 2.85 bits per heavy atom. The zero-order valence-corrected chi connectivity index (χ0v) is 15.1. The van der Waals surface area contributed by atoms with Gasteiger partial charge in [0.25, 0.3) is 5.89 Å². The zero-order valence-electron chi connectivity index (χ0n) is 14.3. The molecule has 0 aliphatic carbocycles. The number of carbonyl (C=O) groups excluding carboxylic acids is 1. The van der Waals surface area contributed by atoms with Gasteiger partial charge in [0.1, 0.15) is 11.5 Å². The lowest BCUT2D eigenvalue weighted by Gasteiger charge is -2.07. The highest BCUT2D eigenvalue weighted by atomic mass is 32.1. The lowest BCUT2D eigenvalue weighted by atomic mass is 10.2. The Morgan fingerprint density at radius 2 is 2.15 bits per heavy atom. The molecule has 0 aliphatic heterocycles. The fourth-order valence-corrected chi connectivity index (χ4v) is 3.07. The highest BCUT2D eigenvalue weighted by molar-refractivity contribution is 7.13. The maximum absolute atomic E-state index is 12.4. The predicted molar refractivity (Wildman–Crippen MR) is 99.9 cm³/mol. The summed E-state index contributed by atoms with van der Waals surface area (Å²) in [6.07, 6.45) is 3.52. The van der Waals surface area contributed by atoms with Crippen molar-refractivity contribution < 1.29 is 9.32 Å². The van der Waals surface area contributed by atoms with Crippen molar-refractivity contribution in [3.63, 3.8) is 0 Å². The third-order valence-electron chi connectivity index (χ3n) is 3.57. The monoisotopic (exact) mass is 378 g/mol. The predicted octanol–water partition coefficient (Wildman–Crippen LogP) is 3.14. The summed E-state index contributed by atoms with van der Waals surface area (Å²) in [7, 11) is 0. The number of nitrogens with one attached hydrogen (secondary N) is 1. The molecule has 4 aromatic heterocycles. The summed E-state index contributed by atoms with van der Waals surface area (Å²) in [4.78, 5) is 30.4. The molecule has 4 aromatic rings. The van der Waals surface area contributed by atoms with Crippen LogP contribution >= 0.6 is 11.3 Å². The standard InChI is InChI=1S/C18H14N6O2S/c1-11-20-18(26-24-11)13-9-15(23-17(21-13)14-5-3-7-27-14)22-16(25)8-12-4-2-6-19-10-12/h2-7,9-10H,8H2,1H3,(H,21,22,23,25). The molecule has 0 bridgehead atoms. The van der Waals surface area contributed by atoms with Gasteiger partial charge in [0.15, 0.2) is 11.6 Å². The Morgan fingerprint density at radius 1 is 1.22 bits per heavy atom. The smallest absolute Gasteiger partial charge is 0.276 e. The summed E-state index contributed by atoms with van der Waals surface area (Å²) in [5, 5.41) is 8.53. The molecule has 0 aromatic carbocycles. The van der Waals surface area contributed by atoms with Crippen molar-refractivity contribution in [2.45, 2.75) is 13.3 Å². The molecule has 0 saturated heterocycles. The van der Waals surface area contributed by atoms with E-state index < -0.39 is 0 Å². The van der Waals surface area contributed by atoms with Crippen LogP contribution in [0.1, 0.15) is 11.4 Å². The summed E-state index contributed by atoms with van der Waals surface area (Å²) < 4.78 is 5.21. The second kappa shape index (κ2) is 7.42. The Kier molecular flexibility index (Phi) is 4.67. The van der Waals surface area contributed by atoms with Crippen molar-refractivity contribution in [3.05, 3.63) is 59.5 Å². The fourth-order valence-electron chi connectivity index (χ4n) is 2.41. The molecular weight excluding hydrogens is 364 g/mol. The number of carbonyl (C=O) groups is 1. The minimum absolute atomic E-state index is 0.196. The van der Waals surface area contributed by atoms with E-state index in [-0.39, 0.29) is 18.2 Å². The van der Waals surface area contributed by atoms with E-state index in [1.54, 1.807) is 31.5 Å². The van der Waals surface area contributed by atoms with Crippen LogP contribution in [0.4, 0.5) is 5.82 Å². The van der Waals surface area contributed by atoms with E-state index in [4.69, 9.17) is 4.52 Å². The molecule has 9 heteroatoms. The van der Waals surface area contributed by atoms with Gasteiger partial charge in [-0.15, -0.1) is 11.3 Å². The van der Waals surface area contributed by atoms with E-state index in [1.807, 2.05) is 23.6 Å². The molecule has 0 spiro atoms. The molecule has 1 amide bonds. The van der Waals surface area contributed by atoms with Crippen LogP contribution in [0.3, 0.4) is 0 Å². The Bertz CT molecular complexity index is 1060. The second-order valence-corrected chi connectivity index (χ2v) is 6.62. The first-order valence-electron chi connectivity index (χ1n) is 8.10. The highest BCUT2D eigenvalue weighted by Gasteiger charge is 2.15. The molecule has 0 fully saturated rings.